The molecule has 0 bridgehead atoms. The first kappa shape index (κ1) is 37.3. The predicted octanol–water partition coefficient (Wildman–Crippen LogP) is 7.96. The van der Waals surface area contributed by atoms with Crippen molar-refractivity contribution in [3.8, 4) is 0 Å². The van der Waals surface area contributed by atoms with Gasteiger partial charge in [-0.05, 0) is 49.4 Å². The fourth-order valence-electron chi connectivity index (χ4n) is 4.59. The van der Waals surface area contributed by atoms with Gasteiger partial charge in [0.1, 0.15) is 0 Å². The fraction of sp³-hybridized carbons (Fsp3) is 0.100. The van der Waals surface area contributed by atoms with Crippen LogP contribution < -0.4 is 21.2 Å². The molecule has 0 aromatic heterocycles. The van der Waals surface area contributed by atoms with E-state index in [2.05, 4.69) is 178 Å². The molecule has 0 atom stereocenters. The van der Waals surface area contributed by atoms with Crippen molar-refractivity contribution in [2.45, 2.75) is 10.6 Å². The van der Waals surface area contributed by atoms with E-state index in [1.54, 1.807) is 0 Å². The molecular weight excluding hydrogens is 807 g/mol. The Kier molecular flexibility index (Phi) is 18.6. The van der Waals surface area contributed by atoms with Crippen molar-refractivity contribution >= 4 is 69.1 Å². The van der Waals surface area contributed by atoms with Gasteiger partial charge in [0.25, 0.3) is 0 Å². The van der Waals surface area contributed by atoms with Gasteiger partial charge in [0.05, 0.1) is 0 Å². The summed E-state index contributed by atoms with van der Waals surface area (Å²) in [6.45, 7) is 0. The van der Waals surface area contributed by atoms with Crippen LogP contribution in [0.1, 0.15) is 11.1 Å². The standard InChI is InChI=1S/C26H24P2.2C7H7Se.Pd/c1-5-13-23(14-6-1)27(24-15-7-2-8-16-24)21-22-28(25-17-9-3-10-18-25)26-19-11-4-12-20-26;2*8-6-7-4-2-1-3-5-7;/h1-20H,21-22H2;2*1-5H,6H2;. The second-order valence-corrected chi connectivity index (χ2v) is 15.8. The smallest absolute Gasteiger partial charge is 0.0195 e. The molecule has 0 amide bonds. The summed E-state index contributed by atoms with van der Waals surface area (Å²) in [6, 6.07) is 64.9. The minimum absolute atomic E-state index is 0. The molecule has 2 radical (unpaired) electrons. The minimum Gasteiger partial charge on any atom is -0.0622 e. The third-order valence-corrected chi connectivity index (χ3v) is 13.6. The van der Waals surface area contributed by atoms with E-state index >= 15 is 0 Å². The molecule has 0 spiro atoms. The molecule has 0 saturated heterocycles. The summed E-state index contributed by atoms with van der Waals surface area (Å²) in [5, 5.41) is 7.92. The number of hydrogen-bond acceptors (Lipinski definition) is 0. The second-order valence-electron chi connectivity index (χ2n) is 9.91. The summed E-state index contributed by atoms with van der Waals surface area (Å²) in [5.41, 5.74) is 2.71. The van der Waals surface area contributed by atoms with Gasteiger partial charge in [-0.2, -0.15) is 0 Å². The Hall–Kier alpha value is -2.12. The number of benzene rings is 6. The molecule has 6 aromatic rings. The zero-order valence-corrected chi connectivity index (χ0v) is 31.9. The molecule has 6 aromatic carbocycles. The van der Waals surface area contributed by atoms with Crippen LogP contribution in [0.5, 0.6) is 0 Å². The summed E-state index contributed by atoms with van der Waals surface area (Å²) in [5.74, 6) is 0. The van der Waals surface area contributed by atoms with E-state index in [-0.39, 0.29) is 36.3 Å². The van der Waals surface area contributed by atoms with Crippen LogP contribution in [0.2, 0.25) is 0 Å². The number of rotatable bonds is 9. The van der Waals surface area contributed by atoms with Crippen molar-refractivity contribution < 1.29 is 20.4 Å². The third-order valence-electron chi connectivity index (χ3n) is 6.84. The maximum Gasteiger partial charge on any atom is -0.0195 e. The van der Waals surface area contributed by atoms with Gasteiger partial charge in [0, 0.05) is 20.4 Å². The van der Waals surface area contributed by atoms with Crippen LogP contribution >= 0.6 is 15.8 Å². The normalized spacial score (nSPS) is 10.1. The van der Waals surface area contributed by atoms with Gasteiger partial charge >= 0.3 is 114 Å². The number of hydrogen-bond donors (Lipinski definition) is 0. The van der Waals surface area contributed by atoms with E-state index in [1.807, 2.05) is 36.4 Å². The Balaban J connectivity index is 0.000000265. The fourth-order valence-corrected chi connectivity index (χ4v) is 10.8. The molecule has 0 unspecified atom stereocenters. The van der Waals surface area contributed by atoms with Gasteiger partial charge in [-0.15, -0.1) is 0 Å². The van der Waals surface area contributed by atoms with Crippen molar-refractivity contribution in [3.05, 3.63) is 193 Å². The van der Waals surface area contributed by atoms with Crippen molar-refractivity contribution in [2.75, 3.05) is 12.3 Å². The Morgan fingerprint density at radius 1 is 0.311 bits per heavy atom. The molecule has 5 heteroatoms. The Labute approximate surface area is 303 Å². The zero-order valence-electron chi connectivity index (χ0n) is 25.2. The largest absolute Gasteiger partial charge is 0.0622 e. The van der Waals surface area contributed by atoms with Crippen molar-refractivity contribution in [1.82, 2.24) is 0 Å². The van der Waals surface area contributed by atoms with E-state index in [0.29, 0.717) is 0 Å². The first-order valence-electron chi connectivity index (χ1n) is 14.8. The van der Waals surface area contributed by atoms with Gasteiger partial charge in [-0.25, -0.2) is 0 Å². The van der Waals surface area contributed by atoms with Crippen molar-refractivity contribution in [2.24, 2.45) is 0 Å². The average molecular weight is 845 g/mol. The molecule has 6 rings (SSSR count). The summed E-state index contributed by atoms with van der Waals surface area (Å²) >= 11 is 5.92. The van der Waals surface area contributed by atoms with E-state index in [0.717, 1.165) is 10.6 Å². The molecular formula is C40H38P2PdSe2. The summed E-state index contributed by atoms with van der Waals surface area (Å²) < 4.78 is 0. The van der Waals surface area contributed by atoms with Crippen LogP contribution in [0.4, 0.5) is 0 Å². The molecule has 0 aliphatic heterocycles. The van der Waals surface area contributed by atoms with Crippen LogP contribution in [-0.4, -0.2) is 44.3 Å². The summed E-state index contributed by atoms with van der Waals surface area (Å²) in [4.78, 5) is 0. The first-order chi connectivity index (χ1) is 21.8. The van der Waals surface area contributed by atoms with Crippen molar-refractivity contribution in [3.63, 3.8) is 0 Å². The van der Waals surface area contributed by atoms with Crippen LogP contribution in [0.3, 0.4) is 0 Å². The minimum atomic E-state index is -0.348. The molecule has 0 N–H and O–H groups in total. The van der Waals surface area contributed by atoms with E-state index < -0.39 is 0 Å². The van der Waals surface area contributed by atoms with Crippen LogP contribution in [0, 0.1) is 0 Å². The third kappa shape index (κ3) is 13.3. The van der Waals surface area contributed by atoms with E-state index in [1.165, 1.54) is 44.7 Å². The quantitative estimate of drug-likeness (QED) is 0.103. The van der Waals surface area contributed by atoms with Gasteiger partial charge in [0.15, 0.2) is 0 Å². The van der Waals surface area contributed by atoms with E-state index in [9.17, 15) is 0 Å². The average Bonchev–Trinajstić information content (AvgIpc) is 3.13. The molecule has 0 aliphatic carbocycles. The topological polar surface area (TPSA) is 0 Å². The van der Waals surface area contributed by atoms with Gasteiger partial charge in [-0.3, -0.25) is 0 Å². The second kappa shape index (κ2) is 22.4. The van der Waals surface area contributed by atoms with Crippen LogP contribution in [-0.2, 0) is 31.1 Å². The predicted molar refractivity (Wildman–Crippen MR) is 200 cm³/mol. The van der Waals surface area contributed by atoms with Crippen LogP contribution in [0.15, 0.2) is 182 Å². The Morgan fingerprint density at radius 3 is 0.689 bits per heavy atom. The maximum atomic E-state index is 2.96. The van der Waals surface area contributed by atoms with Gasteiger partial charge < -0.3 is 0 Å². The Morgan fingerprint density at radius 2 is 0.511 bits per heavy atom. The SMILES string of the molecule is [Pd].[Se]Cc1ccccc1.[Se]Cc1ccccc1.c1ccc(P(CCP(c2ccccc2)c2ccccc2)c2ccccc2)cc1. The van der Waals surface area contributed by atoms with Crippen molar-refractivity contribution in [1.29, 1.82) is 0 Å². The van der Waals surface area contributed by atoms with Gasteiger partial charge in [0.2, 0.25) is 0 Å². The molecule has 0 nitrogen and oxygen atoms in total. The Bertz CT molecular complexity index is 1360. The maximum absolute atomic E-state index is 2.96. The molecule has 0 aliphatic rings. The zero-order chi connectivity index (χ0) is 30.7. The molecule has 0 heterocycles. The summed E-state index contributed by atoms with van der Waals surface area (Å²) in [7, 11) is -0.696. The molecule has 45 heavy (non-hydrogen) atoms. The molecule has 0 saturated carbocycles. The monoisotopic (exact) mass is 846 g/mol. The van der Waals surface area contributed by atoms with Crippen LogP contribution in [0.25, 0.3) is 0 Å². The van der Waals surface area contributed by atoms with Gasteiger partial charge in [-0.1, -0.05) is 121 Å². The first-order valence-corrected chi connectivity index (χ1v) is 20.3. The summed E-state index contributed by atoms with van der Waals surface area (Å²) in [6.07, 6.45) is 2.41. The van der Waals surface area contributed by atoms with E-state index in [4.69, 9.17) is 0 Å². The molecule has 230 valence electrons. The molecule has 0 fully saturated rings.